The van der Waals surface area contributed by atoms with E-state index in [1.165, 1.54) is 37.7 Å². The number of allylic oxidation sites excluding steroid dienone is 1. The summed E-state index contributed by atoms with van der Waals surface area (Å²) < 4.78 is 6.25. The van der Waals surface area contributed by atoms with Gasteiger partial charge in [-0.1, -0.05) is 17.7 Å². The molecule has 1 aliphatic rings. The molecule has 0 fully saturated rings. The molecular formula is C16H22BrNO. The summed E-state index contributed by atoms with van der Waals surface area (Å²) in [5.74, 6) is 0.885. The maximum absolute atomic E-state index is 5.23. The predicted octanol–water partition coefficient (Wildman–Crippen LogP) is 4.44. The Kier molecular flexibility index (Phi) is 5.93. The molecule has 0 amide bonds. The van der Waals surface area contributed by atoms with Gasteiger partial charge in [0.15, 0.2) is 0 Å². The zero-order valence-corrected chi connectivity index (χ0v) is 13.1. The molecule has 1 aromatic carbocycles. The number of ether oxygens (including phenoxy) is 1. The molecule has 1 N–H and O–H groups in total. The number of rotatable bonds is 6. The Bertz CT molecular complexity index is 442. The lowest BCUT2D eigenvalue weighted by Gasteiger charge is -2.13. The second kappa shape index (κ2) is 7.71. The van der Waals surface area contributed by atoms with E-state index in [-0.39, 0.29) is 0 Å². The van der Waals surface area contributed by atoms with Gasteiger partial charge in [0.2, 0.25) is 0 Å². The van der Waals surface area contributed by atoms with Crippen LogP contribution in [-0.4, -0.2) is 13.7 Å². The molecule has 0 atom stereocenters. The van der Waals surface area contributed by atoms with Gasteiger partial charge in [-0.3, -0.25) is 0 Å². The fraction of sp³-hybridized carbons (Fsp3) is 0.500. The highest BCUT2D eigenvalue weighted by atomic mass is 79.9. The number of hydrogen-bond acceptors (Lipinski definition) is 2. The smallest absolute Gasteiger partial charge is 0.133 e. The van der Waals surface area contributed by atoms with Gasteiger partial charge in [-0.15, -0.1) is 0 Å². The maximum Gasteiger partial charge on any atom is 0.133 e. The molecule has 1 aromatic rings. The first-order valence-electron chi connectivity index (χ1n) is 7.00. The molecule has 0 spiro atoms. The van der Waals surface area contributed by atoms with Gasteiger partial charge in [0, 0.05) is 6.54 Å². The van der Waals surface area contributed by atoms with Crippen molar-refractivity contribution in [1.29, 1.82) is 0 Å². The van der Waals surface area contributed by atoms with E-state index in [0.29, 0.717) is 0 Å². The monoisotopic (exact) mass is 323 g/mol. The van der Waals surface area contributed by atoms with Crippen LogP contribution in [-0.2, 0) is 6.54 Å². The van der Waals surface area contributed by atoms with Crippen LogP contribution in [0.5, 0.6) is 5.75 Å². The van der Waals surface area contributed by atoms with Gasteiger partial charge in [0.25, 0.3) is 0 Å². The van der Waals surface area contributed by atoms with Crippen molar-refractivity contribution in [2.24, 2.45) is 0 Å². The molecule has 0 heterocycles. The maximum atomic E-state index is 5.23. The highest BCUT2D eigenvalue weighted by Crippen LogP contribution is 2.25. The van der Waals surface area contributed by atoms with Crippen LogP contribution >= 0.6 is 15.9 Å². The Morgan fingerprint density at radius 3 is 2.89 bits per heavy atom. The summed E-state index contributed by atoms with van der Waals surface area (Å²) in [7, 11) is 1.69. The summed E-state index contributed by atoms with van der Waals surface area (Å²) >= 11 is 3.52. The molecule has 1 aliphatic carbocycles. The summed E-state index contributed by atoms with van der Waals surface area (Å²) in [4.78, 5) is 0. The third kappa shape index (κ3) is 4.66. The van der Waals surface area contributed by atoms with Crippen molar-refractivity contribution in [1.82, 2.24) is 5.32 Å². The third-order valence-electron chi connectivity index (χ3n) is 3.55. The molecule has 0 saturated carbocycles. The summed E-state index contributed by atoms with van der Waals surface area (Å²) in [5, 5.41) is 3.51. The van der Waals surface area contributed by atoms with Crippen molar-refractivity contribution < 1.29 is 4.74 Å². The normalized spacial score (nSPS) is 15.2. The second-order valence-corrected chi connectivity index (χ2v) is 5.86. The Hall–Kier alpha value is -0.800. The summed E-state index contributed by atoms with van der Waals surface area (Å²) in [6.07, 6.45) is 8.94. The Morgan fingerprint density at radius 2 is 2.21 bits per heavy atom. The first-order valence-corrected chi connectivity index (χ1v) is 7.80. The Balaban J connectivity index is 1.73. The van der Waals surface area contributed by atoms with E-state index in [1.54, 1.807) is 12.7 Å². The van der Waals surface area contributed by atoms with Crippen LogP contribution in [0.2, 0.25) is 0 Å². The van der Waals surface area contributed by atoms with Crippen LogP contribution in [0.3, 0.4) is 0 Å². The number of halogens is 1. The average molecular weight is 324 g/mol. The molecule has 2 rings (SSSR count). The lowest BCUT2D eigenvalue weighted by molar-refractivity contribution is 0.412. The van der Waals surface area contributed by atoms with Crippen LogP contribution in [0, 0.1) is 0 Å². The van der Waals surface area contributed by atoms with Gasteiger partial charge in [-0.05, 0) is 72.3 Å². The molecule has 0 saturated heterocycles. The quantitative estimate of drug-likeness (QED) is 0.617. The van der Waals surface area contributed by atoms with Crippen molar-refractivity contribution in [2.75, 3.05) is 13.7 Å². The molecule has 3 heteroatoms. The van der Waals surface area contributed by atoms with E-state index in [1.807, 2.05) is 6.07 Å². The summed E-state index contributed by atoms with van der Waals surface area (Å²) in [5.41, 5.74) is 2.92. The number of benzene rings is 1. The fourth-order valence-electron chi connectivity index (χ4n) is 2.43. The van der Waals surface area contributed by atoms with Crippen LogP contribution in [0.15, 0.2) is 34.3 Å². The van der Waals surface area contributed by atoms with Crippen molar-refractivity contribution in [3.63, 3.8) is 0 Å². The minimum absolute atomic E-state index is 0.885. The number of methoxy groups -OCH3 is 1. The Morgan fingerprint density at radius 1 is 1.32 bits per heavy atom. The van der Waals surface area contributed by atoms with E-state index >= 15 is 0 Å². The van der Waals surface area contributed by atoms with Crippen LogP contribution < -0.4 is 10.1 Å². The standard InChI is InChI=1S/C16H22BrNO/c1-19-16-8-7-14(11-15(16)17)12-18-10-9-13-5-3-2-4-6-13/h5,7-8,11,18H,2-4,6,9-10,12H2,1H3. The van der Waals surface area contributed by atoms with Crippen molar-refractivity contribution in [3.05, 3.63) is 39.9 Å². The molecule has 0 radical (unpaired) electrons. The average Bonchev–Trinajstić information content (AvgIpc) is 2.45. The first-order chi connectivity index (χ1) is 9.29. The first kappa shape index (κ1) is 14.6. The SMILES string of the molecule is COc1ccc(CNCCC2=CCCCC2)cc1Br. The second-order valence-electron chi connectivity index (χ2n) is 5.00. The molecule has 104 valence electrons. The lowest BCUT2D eigenvalue weighted by atomic mass is 9.97. The fourth-order valence-corrected chi connectivity index (χ4v) is 3.02. The van der Waals surface area contributed by atoms with Gasteiger partial charge >= 0.3 is 0 Å². The van der Waals surface area contributed by atoms with Gasteiger partial charge in [-0.25, -0.2) is 0 Å². The van der Waals surface area contributed by atoms with Crippen LogP contribution in [0.1, 0.15) is 37.7 Å². The van der Waals surface area contributed by atoms with Gasteiger partial charge in [-0.2, -0.15) is 0 Å². The van der Waals surface area contributed by atoms with E-state index < -0.39 is 0 Å². The zero-order chi connectivity index (χ0) is 13.5. The van der Waals surface area contributed by atoms with Crippen LogP contribution in [0.25, 0.3) is 0 Å². The minimum Gasteiger partial charge on any atom is -0.496 e. The van der Waals surface area contributed by atoms with Gasteiger partial charge < -0.3 is 10.1 Å². The topological polar surface area (TPSA) is 21.3 Å². The molecular weight excluding hydrogens is 302 g/mol. The largest absolute Gasteiger partial charge is 0.496 e. The number of hydrogen-bond donors (Lipinski definition) is 1. The minimum atomic E-state index is 0.885. The Labute approximate surface area is 124 Å². The van der Waals surface area contributed by atoms with E-state index in [4.69, 9.17) is 4.74 Å². The summed E-state index contributed by atoms with van der Waals surface area (Å²) in [6, 6.07) is 6.23. The van der Waals surface area contributed by atoms with Crippen molar-refractivity contribution in [3.8, 4) is 5.75 Å². The molecule has 0 bridgehead atoms. The van der Waals surface area contributed by atoms with E-state index in [9.17, 15) is 0 Å². The number of nitrogens with one attached hydrogen (secondary N) is 1. The lowest BCUT2D eigenvalue weighted by Crippen LogP contribution is -2.15. The summed E-state index contributed by atoms with van der Waals surface area (Å²) in [6.45, 7) is 1.98. The van der Waals surface area contributed by atoms with Gasteiger partial charge in [0.1, 0.15) is 5.75 Å². The molecule has 0 unspecified atom stereocenters. The predicted molar refractivity (Wildman–Crippen MR) is 83.6 cm³/mol. The molecule has 0 aromatic heterocycles. The zero-order valence-electron chi connectivity index (χ0n) is 11.5. The molecule has 0 aliphatic heterocycles. The molecule has 19 heavy (non-hydrogen) atoms. The van der Waals surface area contributed by atoms with Crippen molar-refractivity contribution >= 4 is 15.9 Å². The van der Waals surface area contributed by atoms with E-state index in [2.05, 4.69) is 39.5 Å². The van der Waals surface area contributed by atoms with Crippen molar-refractivity contribution in [2.45, 2.75) is 38.6 Å². The van der Waals surface area contributed by atoms with E-state index in [0.717, 1.165) is 23.3 Å². The highest BCUT2D eigenvalue weighted by Gasteiger charge is 2.04. The van der Waals surface area contributed by atoms with Crippen LogP contribution in [0.4, 0.5) is 0 Å². The molecule has 2 nitrogen and oxygen atoms in total. The highest BCUT2D eigenvalue weighted by molar-refractivity contribution is 9.10. The third-order valence-corrected chi connectivity index (χ3v) is 4.17. The van der Waals surface area contributed by atoms with Gasteiger partial charge in [0.05, 0.1) is 11.6 Å².